The van der Waals surface area contributed by atoms with Crippen LogP contribution in [0.2, 0.25) is 0 Å². The number of hydrogen-bond donors (Lipinski definition) is 1. The molecule has 27 heavy (non-hydrogen) atoms. The molecule has 0 spiro atoms. The van der Waals surface area contributed by atoms with E-state index < -0.39 is 0 Å². The molecule has 2 heterocycles. The van der Waals surface area contributed by atoms with E-state index in [1.54, 1.807) is 12.1 Å². The number of likely N-dealkylation sites (N-methyl/N-ethyl adjacent to an activating group) is 1. The zero-order valence-corrected chi connectivity index (χ0v) is 15.3. The zero-order chi connectivity index (χ0) is 19.0. The van der Waals surface area contributed by atoms with Crippen molar-refractivity contribution in [2.75, 3.05) is 23.4 Å². The molecule has 0 bridgehead atoms. The minimum absolute atomic E-state index is 0.0490. The van der Waals surface area contributed by atoms with Crippen LogP contribution in [0.25, 0.3) is 0 Å². The topological polar surface area (TPSA) is 80.0 Å². The zero-order valence-electron chi connectivity index (χ0n) is 15.3. The SMILES string of the molecule is CCOC1=NC2Nc3ccccc3N(CC)C2C1c1ccc([N+](=O)[O-])cc1. The molecule has 2 aromatic carbocycles. The van der Waals surface area contributed by atoms with Crippen LogP contribution in [0, 0.1) is 10.1 Å². The van der Waals surface area contributed by atoms with Gasteiger partial charge in [-0.3, -0.25) is 10.1 Å². The first-order chi connectivity index (χ1) is 13.1. The number of para-hydroxylation sites is 2. The van der Waals surface area contributed by atoms with Crippen molar-refractivity contribution < 1.29 is 9.66 Å². The van der Waals surface area contributed by atoms with Crippen LogP contribution >= 0.6 is 0 Å². The van der Waals surface area contributed by atoms with Crippen molar-refractivity contribution in [3.63, 3.8) is 0 Å². The fraction of sp³-hybridized carbons (Fsp3) is 0.350. The Bertz CT molecular complexity index is 881. The summed E-state index contributed by atoms with van der Waals surface area (Å²) in [7, 11) is 0. The third-order valence-corrected chi connectivity index (χ3v) is 5.17. The minimum atomic E-state index is -0.379. The molecule has 1 N–H and O–H groups in total. The Balaban J connectivity index is 1.77. The van der Waals surface area contributed by atoms with Crippen LogP contribution in [-0.4, -0.2) is 36.2 Å². The molecule has 3 unspecified atom stereocenters. The second-order valence-corrected chi connectivity index (χ2v) is 6.61. The summed E-state index contributed by atoms with van der Waals surface area (Å²) in [4.78, 5) is 17.8. The van der Waals surface area contributed by atoms with E-state index in [0.29, 0.717) is 12.5 Å². The first-order valence-electron chi connectivity index (χ1n) is 9.21. The van der Waals surface area contributed by atoms with Crippen molar-refractivity contribution in [1.29, 1.82) is 0 Å². The van der Waals surface area contributed by atoms with Gasteiger partial charge in [-0.25, -0.2) is 4.99 Å². The third kappa shape index (κ3) is 2.89. The van der Waals surface area contributed by atoms with E-state index in [0.717, 1.165) is 23.5 Å². The largest absolute Gasteiger partial charge is 0.481 e. The number of nitrogens with one attached hydrogen (secondary N) is 1. The van der Waals surface area contributed by atoms with Gasteiger partial charge < -0.3 is 15.0 Å². The van der Waals surface area contributed by atoms with Crippen LogP contribution in [-0.2, 0) is 4.74 Å². The number of rotatable bonds is 4. The van der Waals surface area contributed by atoms with Crippen LogP contribution in [0.15, 0.2) is 53.5 Å². The second kappa shape index (κ2) is 6.90. The molecular formula is C20H22N4O3. The van der Waals surface area contributed by atoms with Gasteiger partial charge in [0.05, 0.1) is 34.9 Å². The first kappa shape index (κ1) is 17.3. The van der Waals surface area contributed by atoms with Gasteiger partial charge in [-0.2, -0.15) is 0 Å². The van der Waals surface area contributed by atoms with Gasteiger partial charge in [0.15, 0.2) is 5.90 Å². The number of benzene rings is 2. The van der Waals surface area contributed by atoms with E-state index in [4.69, 9.17) is 9.73 Å². The van der Waals surface area contributed by atoms with E-state index in [1.165, 1.54) is 0 Å². The van der Waals surface area contributed by atoms with Crippen LogP contribution in [0.4, 0.5) is 17.1 Å². The average Bonchev–Trinajstić information content (AvgIpc) is 3.04. The first-order valence-corrected chi connectivity index (χ1v) is 9.21. The monoisotopic (exact) mass is 366 g/mol. The van der Waals surface area contributed by atoms with Crippen LogP contribution < -0.4 is 10.2 Å². The molecule has 0 amide bonds. The average molecular weight is 366 g/mol. The summed E-state index contributed by atoms with van der Waals surface area (Å²) in [6.07, 6.45) is -0.124. The van der Waals surface area contributed by atoms with Gasteiger partial charge in [0, 0.05) is 18.7 Å². The molecule has 0 radical (unpaired) electrons. The number of nitro benzene ring substituents is 1. The lowest BCUT2D eigenvalue weighted by Crippen LogP contribution is -2.51. The summed E-state index contributed by atoms with van der Waals surface area (Å²) < 4.78 is 5.88. The minimum Gasteiger partial charge on any atom is -0.481 e. The molecule has 2 aromatic rings. The van der Waals surface area contributed by atoms with Crippen molar-refractivity contribution in [3.05, 3.63) is 64.2 Å². The summed E-state index contributed by atoms with van der Waals surface area (Å²) in [6, 6.07) is 15.0. The Hall–Kier alpha value is -3.09. The summed E-state index contributed by atoms with van der Waals surface area (Å²) in [5, 5.41) is 14.5. The molecule has 0 aliphatic carbocycles. The number of non-ortho nitro benzene ring substituents is 1. The molecule has 0 saturated carbocycles. The predicted molar refractivity (Wildman–Crippen MR) is 106 cm³/mol. The number of fused-ring (bicyclic) bond motifs is 2. The predicted octanol–water partition coefficient (Wildman–Crippen LogP) is 3.77. The third-order valence-electron chi connectivity index (χ3n) is 5.17. The highest BCUT2D eigenvalue weighted by molar-refractivity contribution is 5.90. The summed E-state index contributed by atoms with van der Waals surface area (Å²) >= 11 is 0. The maximum Gasteiger partial charge on any atom is 0.269 e. The molecule has 0 fully saturated rings. The Kier molecular flexibility index (Phi) is 4.43. The fourth-order valence-corrected chi connectivity index (χ4v) is 4.06. The van der Waals surface area contributed by atoms with Crippen LogP contribution in [0.1, 0.15) is 25.3 Å². The van der Waals surface area contributed by atoms with Gasteiger partial charge in [0.25, 0.3) is 5.69 Å². The highest BCUT2D eigenvalue weighted by Crippen LogP contribution is 2.43. The molecular weight excluding hydrogens is 344 g/mol. The number of anilines is 2. The van der Waals surface area contributed by atoms with Crippen molar-refractivity contribution in [3.8, 4) is 0 Å². The molecule has 4 rings (SSSR count). The molecule has 2 aliphatic heterocycles. The van der Waals surface area contributed by atoms with Crippen molar-refractivity contribution in [2.24, 2.45) is 4.99 Å². The van der Waals surface area contributed by atoms with Gasteiger partial charge in [-0.05, 0) is 31.5 Å². The lowest BCUT2D eigenvalue weighted by molar-refractivity contribution is -0.384. The van der Waals surface area contributed by atoms with E-state index in [2.05, 4.69) is 29.3 Å². The highest BCUT2D eigenvalue weighted by Gasteiger charge is 2.47. The summed E-state index contributed by atoms with van der Waals surface area (Å²) in [6.45, 7) is 5.43. The Morgan fingerprint density at radius 1 is 1.19 bits per heavy atom. The highest BCUT2D eigenvalue weighted by atomic mass is 16.6. The van der Waals surface area contributed by atoms with Gasteiger partial charge in [-0.15, -0.1) is 0 Å². The fourth-order valence-electron chi connectivity index (χ4n) is 4.06. The molecule has 7 heteroatoms. The number of aliphatic imine (C=N–C) groups is 1. The quantitative estimate of drug-likeness (QED) is 0.658. The smallest absolute Gasteiger partial charge is 0.269 e. The Morgan fingerprint density at radius 2 is 1.93 bits per heavy atom. The van der Waals surface area contributed by atoms with Gasteiger partial charge >= 0.3 is 0 Å². The maximum absolute atomic E-state index is 11.0. The molecule has 140 valence electrons. The van der Waals surface area contributed by atoms with Crippen LogP contribution in [0.5, 0.6) is 0 Å². The second-order valence-electron chi connectivity index (χ2n) is 6.61. The lowest BCUT2D eigenvalue weighted by Gasteiger charge is -2.42. The molecule has 7 nitrogen and oxygen atoms in total. The van der Waals surface area contributed by atoms with Gasteiger partial charge in [0.2, 0.25) is 0 Å². The molecule has 0 saturated heterocycles. The van der Waals surface area contributed by atoms with E-state index in [9.17, 15) is 10.1 Å². The Morgan fingerprint density at radius 3 is 2.59 bits per heavy atom. The van der Waals surface area contributed by atoms with Crippen molar-refractivity contribution in [1.82, 2.24) is 0 Å². The lowest BCUT2D eigenvalue weighted by atomic mass is 9.88. The van der Waals surface area contributed by atoms with E-state index in [-0.39, 0.29) is 28.7 Å². The van der Waals surface area contributed by atoms with Gasteiger partial charge in [0.1, 0.15) is 6.17 Å². The van der Waals surface area contributed by atoms with Crippen molar-refractivity contribution >= 4 is 23.0 Å². The van der Waals surface area contributed by atoms with E-state index >= 15 is 0 Å². The number of nitro groups is 1. The molecule has 3 atom stereocenters. The standard InChI is InChI=1S/C20H22N4O3/c1-3-23-16-8-6-5-7-15(16)21-19-18(23)17(20(22-19)27-4-2)13-9-11-14(12-10-13)24(25)26/h5-12,17-19,21H,3-4H2,1-2H3. The number of ether oxygens (including phenoxy) is 1. The van der Waals surface area contributed by atoms with Crippen molar-refractivity contribution in [2.45, 2.75) is 32.0 Å². The normalized spacial score (nSPS) is 23.1. The van der Waals surface area contributed by atoms with E-state index in [1.807, 2.05) is 31.2 Å². The number of nitrogens with zero attached hydrogens (tertiary/aromatic N) is 3. The van der Waals surface area contributed by atoms with Gasteiger partial charge in [-0.1, -0.05) is 24.3 Å². The summed E-state index contributed by atoms with van der Waals surface area (Å²) in [5.41, 5.74) is 3.26. The molecule has 0 aromatic heterocycles. The summed E-state index contributed by atoms with van der Waals surface area (Å²) in [5.74, 6) is 0.594. The maximum atomic E-state index is 11.0. The number of hydrogen-bond acceptors (Lipinski definition) is 6. The Labute approximate surface area is 157 Å². The molecule has 2 aliphatic rings. The van der Waals surface area contributed by atoms with Crippen LogP contribution in [0.3, 0.4) is 0 Å².